The van der Waals surface area contributed by atoms with E-state index < -0.39 is 5.54 Å². The molecular weight excluding hydrogens is 270 g/mol. The SMILES string of the molecule is CCCNC1(C(=O)OCC)CCCC1CCOC1COC1. The van der Waals surface area contributed by atoms with Crippen LogP contribution >= 0.6 is 0 Å². The standard InChI is InChI=1S/C16H29NO4/c1-3-9-17-16(15(18)20-4-2)8-5-6-13(16)7-10-21-14-11-19-12-14/h13-14,17H,3-12H2,1-2H3. The van der Waals surface area contributed by atoms with E-state index in [0.29, 0.717) is 32.3 Å². The van der Waals surface area contributed by atoms with Gasteiger partial charge in [0.15, 0.2) is 0 Å². The van der Waals surface area contributed by atoms with E-state index in [1.54, 1.807) is 0 Å². The summed E-state index contributed by atoms with van der Waals surface area (Å²) in [6.07, 6.45) is 5.21. The maximum absolute atomic E-state index is 12.5. The zero-order valence-corrected chi connectivity index (χ0v) is 13.4. The predicted octanol–water partition coefficient (Wildman–Crippen LogP) is 1.89. The number of carbonyl (C=O) groups is 1. The smallest absolute Gasteiger partial charge is 0.326 e. The van der Waals surface area contributed by atoms with Crippen LogP contribution in [0.3, 0.4) is 0 Å². The van der Waals surface area contributed by atoms with Crippen LogP contribution in [-0.2, 0) is 19.0 Å². The van der Waals surface area contributed by atoms with Gasteiger partial charge < -0.3 is 19.5 Å². The zero-order valence-electron chi connectivity index (χ0n) is 13.4. The van der Waals surface area contributed by atoms with Gasteiger partial charge in [0.05, 0.1) is 19.8 Å². The average molecular weight is 299 g/mol. The number of hydrogen-bond acceptors (Lipinski definition) is 5. The first-order valence-corrected chi connectivity index (χ1v) is 8.34. The van der Waals surface area contributed by atoms with Crippen LogP contribution in [0.5, 0.6) is 0 Å². The van der Waals surface area contributed by atoms with Crippen molar-refractivity contribution >= 4 is 5.97 Å². The summed E-state index contributed by atoms with van der Waals surface area (Å²) < 4.78 is 16.2. The molecule has 1 saturated heterocycles. The first kappa shape index (κ1) is 16.7. The third-order valence-corrected chi connectivity index (χ3v) is 4.58. The Labute approximate surface area is 127 Å². The number of ether oxygens (including phenoxy) is 3. The lowest BCUT2D eigenvalue weighted by molar-refractivity contribution is -0.154. The highest BCUT2D eigenvalue weighted by molar-refractivity contribution is 5.81. The summed E-state index contributed by atoms with van der Waals surface area (Å²) >= 11 is 0. The van der Waals surface area contributed by atoms with Crippen molar-refractivity contribution in [3.63, 3.8) is 0 Å². The minimum atomic E-state index is -0.495. The van der Waals surface area contributed by atoms with Crippen molar-refractivity contribution in [3.05, 3.63) is 0 Å². The summed E-state index contributed by atoms with van der Waals surface area (Å²) in [6.45, 7) is 7.41. The number of nitrogens with one attached hydrogen (secondary N) is 1. The van der Waals surface area contributed by atoms with Crippen LogP contribution < -0.4 is 5.32 Å². The van der Waals surface area contributed by atoms with E-state index in [0.717, 1.165) is 38.6 Å². The fourth-order valence-corrected chi connectivity index (χ4v) is 3.34. The van der Waals surface area contributed by atoms with Gasteiger partial charge in [-0.05, 0) is 45.1 Å². The van der Waals surface area contributed by atoms with Gasteiger partial charge in [-0.2, -0.15) is 0 Å². The van der Waals surface area contributed by atoms with Crippen LogP contribution in [0, 0.1) is 5.92 Å². The summed E-state index contributed by atoms with van der Waals surface area (Å²) in [5.41, 5.74) is -0.495. The lowest BCUT2D eigenvalue weighted by atomic mass is 9.84. The summed E-state index contributed by atoms with van der Waals surface area (Å²) in [6, 6.07) is 0. The lowest BCUT2D eigenvalue weighted by Crippen LogP contribution is -2.56. The zero-order chi connectivity index (χ0) is 15.1. The van der Waals surface area contributed by atoms with Crippen molar-refractivity contribution < 1.29 is 19.0 Å². The van der Waals surface area contributed by atoms with Crippen molar-refractivity contribution in [2.75, 3.05) is 33.0 Å². The molecule has 1 N–H and O–H groups in total. The summed E-state index contributed by atoms with van der Waals surface area (Å²) in [7, 11) is 0. The Morgan fingerprint density at radius 1 is 1.38 bits per heavy atom. The van der Waals surface area contributed by atoms with Gasteiger partial charge in [0.25, 0.3) is 0 Å². The fraction of sp³-hybridized carbons (Fsp3) is 0.938. The van der Waals surface area contributed by atoms with Crippen molar-refractivity contribution in [1.29, 1.82) is 0 Å². The average Bonchev–Trinajstić information content (AvgIpc) is 2.84. The Hall–Kier alpha value is -0.650. The highest BCUT2D eigenvalue weighted by atomic mass is 16.6. The summed E-state index contributed by atoms with van der Waals surface area (Å²) in [5, 5.41) is 3.49. The highest BCUT2D eigenvalue weighted by Gasteiger charge is 2.49. The Kier molecular flexibility index (Phi) is 6.45. The number of carbonyl (C=O) groups excluding carboxylic acids is 1. The topological polar surface area (TPSA) is 56.8 Å². The molecule has 0 bridgehead atoms. The molecule has 0 spiro atoms. The van der Waals surface area contributed by atoms with Crippen LogP contribution in [-0.4, -0.2) is 50.6 Å². The van der Waals surface area contributed by atoms with E-state index in [2.05, 4.69) is 12.2 Å². The van der Waals surface area contributed by atoms with Gasteiger partial charge in [-0.1, -0.05) is 13.3 Å². The molecule has 0 amide bonds. The molecule has 0 aromatic rings. The molecule has 2 atom stereocenters. The predicted molar refractivity (Wildman–Crippen MR) is 80.2 cm³/mol. The Balaban J connectivity index is 1.92. The Morgan fingerprint density at radius 2 is 2.19 bits per heavy atom. The van der Waals surface area contributed by atoms with Crippen molar-refractivity contribution in [2.45, 2.75) is 57.6 Å². The Morgan fingerprint density at radius 3 is 2.81 bits per heavy atom. The molecular formula is C16H29NO4. The normalized spacial score (nSPS) is 29.3. The van der Waals surface area contributed by atoms with Gasteiger partial charge in [0.1, 0.15) is 11.6 Å². The van der Waals surface area contributed by atoms with Gasteiger partial charge in [0, 0.05) is 6.61 Å². The van der Waals surface area contributed by atoms with Gasteiger partial charge in [-0.3, -0.25) is 4.79 Å². The minimum Gasteiger partial charge on any atom is -0.465 e. The number of esters is 1. The molecule has 5 heteroatoms. The molecule has 1 saturated carbocycles. The molecule has 2 rings (SSSR count). The van der Waals surface area contributed by atoms with E-state index >= 15 is 0 Å². The van der Waals surface area contributed by atoms with Crippen molar-refractivity contribution in [1.82, 2.24) is 5.32 Å². The number of hydrogen-bond donors (Lipinski definition) is 1. The maximum atomic E-state index is 12.5. The van der Waals surface area contributed by atoms with Crippen LogP contribution in [0.4, 0.5) is 0 Å². The van der Waals surface area contributed by atoms with Gasteiger partial charge in [-0.25, -0.2) is 0 Å². The van der Waals surface area contributed by atoms with E-state index in [-0.39, 0.29) is 12.1 Å². The summed E-state index contributed by atoms with van der Waals surface area (Å²) in [4.78, 5) is 12.5. The fourth-order valence-electron chi connectivity index (χ4n) is 3.34. The summed E-state index contributed by atoms with van der Waals surface area (Å²) in [5.74, 6) is 0.233. The molecule has 5 nitrogen and oxygen atoms in total. The molecule has 21 heavy (non-hydrogen) atoms. The second-order valence-electron chi connectivity index (χ2n) is 6.03. The molecule has 1 heterocycles. The van der Waals surface area contributed by atoms with Gasteiger partial charge in [-0.15, -0.1) is 0 Å². The molecule has 2 aliphatic rings. The largest absolute Gasteiger partial charge is 0.465 e. The molecule has 1 aliphatic carbocycles. The van der Waals surface area contributed by atoms with Crippen molar-refractivity contribution in [2.24, 2.45) is 5.92 Å². The van der Waals surface area contributed by atoms with Crippen LogP contribution in [0.25, 0.3) is 0 Å². The van der Waals surface area contributed by atoms with E-state index in [4.69, 9.17) is 14.2 Å². The molecule has 2 fully saturated rings. The molecule has 2 unspecified atom stereocenters. The van der Waals surface area contributed by atoms with Crippen LogP contribution in [0.15, 0.2) is 0 Å². The van der Waals surface area contributed by atoms with Crippen LogP contribution in [0.2, 0.25) is 0 Å². The second-order valence-corrected chi connectivity index (χ2v) is 6.03. The second kappa shape index (κ2) is 8.11. The third-order valence-electron chi connectivity index (χ3n) is 4.58. The van der Waals surface area contributed by atoms with Gasteiger partial charge in [0.2, 0.25) is 0 Å². The quantitative estimate of drug-likeness (QED) is 0.659. The molecule has 0 aromatic carbocycles. The van der Waals surface area contributed by atoms with Crippen LogP contribution in [0.1, 0.15) is 46.0 Å². The molecule has 0 radical (unpaired) electrons. The maximum Gasteiger partial charge on any atom is 0.326 e. The first-order valence-electron chi connectivity index (χ1n) is 8.34. The third kappa shape index (κ3) is 3.96. The molecule has 0 aromatic heterocycles. The highest BCUT2D eigenvalue weighted by Crippen LogP contribution is 2.39. The van der Waals surface area contributed by atoms with E-state index in [9.17, 15) is 4.79 Å². The lowest BCUT2D eigenvalue weighted by Gasteiger charge is -2.35. The first-order chi connectivity index (χ1) is 10.2. The van der Waals surface area contributed by atoms with Gasteiger partial charge >= 0.3 is 5.97 Å². The van der Waals surface area contributed by atoms with Crippen molar-refractivity contribution in [3.8, 4) is 0 Å². The molecule has 122 valence electrons. The van der Waals surface area contributed by atoms with E-state index in [1.807, 2.05) is 6.92 Å². The minimum absolute atomic E-state index is 0.0760. The number of rotatable bonds is 9. The van der Waals surface area contributed by atoms with E-state index in [1.165, 1.54) is 0 Å². The molecule has 1 aliphatic heterocycles. The monoisotopic (exact) mass is 299 g/mol. The Bertz CT molecular complexity index is 332.